The van der Waals surface area contributed by atoms with Gasteiger partial charge in [-0.2, -0.15) is 0 Å². The van der Waals surface area contributed by atoms with Gasteiger partial charge in [0.25, 0.3) is 0 Å². The molecule has 0 fully saturated rings. The lowest BCUT2D eigenvalue weighted by Crippen LogP contribution is -2.13. The summed E-state index contributed by atoms with van der Waals surface area (Å²) in [5.74, 6) is 0. The molecule has 1 aromatic carbocycles. The summed E-state index contributed by atoms with van der Waals surface area (Å²) in [6, 6.07) is 5.77. The highest BCUT2D eigenvalue weighted by Gasteiger charge is 2.10. The maximum absolute atomic E-state index is 8.75. The van der Waals surface area contributed by atoms with E-state index >= 15 is 0 Å². The van der Waals surface area contributed by atoms with Crippen LogP contribution in [0.4, 0.5) is 5.69 Å². The van der Waals surface area contributed by atoms with Crippen LogP contribution in [0.25, 0.3) is 0 Å². The summed E-state index contributed by atoms with van der Waals surface area (Å²) in [4.78, 5) is 1.99. The zero-order valence-corrected chi connectivity index (χ0v) is 11.8. The molecular formula is C12H20Cl2N2O. The van der Waals surface area contributed by atoms with Crippen LogP contribution in [0.3, 0.4) is 0 Å². The number of benzene rings is 1. The highest BCUT2D eigenvalue weighted by molar-refractivity contribution is 6.31. The Morgan fingerprint density at radius 2 is 2.06 bits per heavy atom. The van der Waals surface area contributed by atoms with E-state index in [4.69, 9.17) is 22.4 Å². The van der Waals surface area contributed by atoms with Gasteiger partial charge in [0, 0.05) is 37.5 Å². The van der Waals surface area contributed by atoms with Crippen LogP contribution in [-0.4, -0.2) is 25.8 Å². The van der Waals surface area contributed by atoms with Crippen molar-refractivity contribution in [2.24, 2.45) is 5.73 Å². The Kier molecular flexibility index (Phi) is 7.55. The molecule has 98 valence electrons. The molecule has 0 radical (unpaired) electrons. The highest BCUT2D eigenvalue weighted by Crippen LogP contribution is 2.28. The molecule has 0 aliphatic carbocycles. The maximum Gasteiger partial charge on any atom is 0.0474 e. The van der Waals surface area contributed by atoms with Gasteiger partial charge in [0.05, 0.1) is 0 Å². The minimum atomic E-state index is -0.101. The first-order chi connectivity index (χ1) is 7.56. The van der Waals surface area contributed by atoms with E-state index < -0.39 is 0 Å². The molecule has 1 atom stereocenters. The molecule has 0 aliphatic rings. The molecule has 1 aromatic rings. The molecule has 3 nitrogen and oxygen atoms in total. The second kappa shape index (κ2) is 7.77. The Morgan fingerprint density at radius 3 is 2.53 bits per heavy atom. The molecule has 0 aromatic heterocycles. The highest BCUT2D eigenvalue weighted by atomic mass is 35.5. The van der Waals surface area contributed by atoms with Gasteiger partial charge in [-0.1, -0.05) is 17.7 Å². The number of hydrogen-bond donors (Lipinski definition) is 2. The molecule has 17 heavy (non-hydrogen) atoms. The Hall–Kier alpha value is -0.480. The smallest absolute Gasteiger partial charge is 0.0474 e. The van der Waals surface area contributed by atoms with Crippen LogP contribution >= 0.6 is 24.0 Å². The molecule has 0 saturated heterocycles. The molecule has 0 heterocycles. The van der Waals surface area contributed by atoms with Crippen LogP contribution in [-0.2, 0) is 0 Å². The molecule has 0 aliphatic heterocycles. The van der Waals surface area contributed by atoms with E-state index in [1.807, 2.05) is 37.2 Å². The first-order valence-electron chi connectivity index (χ1n) is 5.39. The van der Waals surface area contributed by atoms with Gasteiger partial charge in [0.1, 0.15) is 0 Å². The normalized spacial score (nSPS) is 11.8. The number of halogens is 2. The largest absolute Gasteiger partial charge is 0.396 e. The minimum absolute atomic E-state index is 0. The molecule has 5 heteroatoms. The van der Waals surface area contributed by atoms with Gasteiger partial charge in [-0.05, 0) is 30.5 Å². The molecule has 0 bridgehead atoms. The maximum atomic E-state index is 8.75. The Balaban J connectivity index is 0.00000256. The quantitative estimate of drug-likeness (QED) is 0.871. The van der Waals surface area contributed by atoms with Crippen molar-refractivity contribution in [1.29, 1.82) is 0 Å². The lowest BCUT2D eigenvalue weighted by molar-refractivity contribution is 0.280. The molecule has 1 rings (SSSR count). The predicted octanol–water partition coefficient (Wildman–Crippen LogP) is 2.60. The summed E-state index contributed by atoms with van der Waals surface area (Å²) >= 11 is 6.18. The first-order valence-corrected chi connectivity index (χ1v) is 5.77. The second-order valence-corrected chi connectivity index (χ2v) is 4.48. The van der Waals surface area contributed by atoms with Crippen molar-refractivity contribution >= 4 is 29.7 Å². The van der Waals surface area contributed by atoms with E-state index in [0.29, 0.717) is 11.4 Å². The SMILES string of the molecule is CN(C)c1ccc([C@H](N)CCCO)c(Cl)c1.Cl. The van der Waals surface area contributed by atoms with Gasteiger partial charge in [0.15, 0.2) is 0 Å². The lowest BCUT2D eigenvalue weighted by atomic mass is 10.0. The van der Waals surface area contributed by atoms with Crippen molar-refractivity contribution in [2.45, 2.75) is 18.9 Å². The van der Waals surface area contributed by atoms with Crippen LogP contribution in [0.5, 0.6) is 0 Å². The topological polar surface area (TPSA) is 49.5 Å². The number of nitrogens with two attached hydrogens (primary N) is 1. The van der Waals surface area contributed by atoms with E-state index in [9.17, 15) is 0 Å². The number of hydrogen-bond acceptors (Lipinski definition) is 3. The van der Waals surface area contributed by atoms with Gasteiger partial charge in [-0.15, -0.1) is 12.4 Å². The van der Waals surface area contributed by atoms with E-state index in [-0.39, 0.29) is 25.1 Å². The standard InChI is InChI=1S/C12H19ClN2O.ClH/c1-15(2)9-5-6-10(11(13)8-9)12(14)4-3-7-16;/h5-6,8,12,16H,3-4,7,14H2,1-2H3;1H/t12-;/m1./s1. The molecule has 0 amide bonds. The molecular weight excluding hydrogens is 259 g/mol. The molecule has 0 spiro atoms. The molecule has 3 N–H and O–H groups in total. The number of rotatable bonds is 5. The third-order valence-corrected chi connectivity index (χ3v) is 2.90. The van der Waals surface area contributed by atoms with Crippen LogP contribution < -0.4 is 10.6 Å². The minimum Gasteiger partial charge on any atom is -0.396 e. The fourth-order valence-corrected chi connectivity index (χ4v) is 1.88. The van der Waals surface area contributed by atoms with Gasteiger partial charge in [-0.3, -0.25) is 0 Å². The monoisotopic (exact) mass is 278 g/mol. The Bertz CT molecular complexity index is 345. The lowest BCUT2D eigenvalue weighted by Gasteiger charge is -2.17. The average molecular weight is 279 g/mol. The first kappa shape index (κ1) is 16.5. The fraction of sp³-hybridized carbons (Fsp3) is 0.500. The van der Waals surface area contributed by atoms with Crippen molar-refractivity contribution < 1.29 is 5.11 Å². The number of nitrogens with zero attached hydrogens (tertiary/aromatic N) is 1. The average Bonchev–Trinajstić information content (AvgIpc) is 2.25. The Labute approximate surface area is 114 Å². The van der Waals surface area contributed by atoms with Gasteiger partial charge < -0.3 is 15.7 Å². The van der Waals surface area contributed by atoms with Crippen molar-refractivity contribution in [3.63, 3.8) is 0 Å². The van der Waals surface area contributed by atoms with Gasteiger partial charge >= 0.3 is 0 Å². The fourth-order valence-electron chi connectivity index (χ4n) is 1.56. The van der Waals surface area contributed by atoms with E-state index in [1.54, 1.807) is 0 Å². The zero-order valence-electron chi connectivity index (χ0n) is 10.2. The van der Waals surface area contributed by atoms with Crippen LogP contribution in [0, 0.1) is 0 Å². The summed E-state index contributed by atoms with van der Waals surface area (Å²) in [5, 5.41) is 9.44. The summed E-state index contributed by atoms with van der Waals surface area (Å²) in [7, 11) is 3.94. The number of aliphatic hydroxyl groups excluding tert-OH is 1. The van der Waals surface area contributed by atoms with E-state index in [0.717, 1.165) is 17.7 Å². The zero-order chi connectivity index (χ0) is 12.1. The number of anilines is 1. The summed E-state index contributed by atoms with van der Waals surface area (Å²) in [5.41, 5.74) is 8.00. The van der Waals surface area contributed by atoms with Crippen molar-refractivity contribution in [1.82, 2.24) is 0 Å². The van der Waals surface area contributed by atoms with Crippen molar-refractivity contribution in [3.8, 4) is 0 Å². The third-order valence-electron chi connectivity index (χ3n) is 2.57. The second-order valence-electron chi connectivity index (χ2n) is 4.07. The van der Waals surface area contributed by atoms with Crippen molar-refractivity contribution in [2.75, 3.05) is 25.6 Å². The Morgan fingerprint density at radius 1 is 1.41 bits per heavy atom. The predicted molar refractivity (Wildman–Crippen MR) is 76.3 cm³/mol. The molecule has 0 unspecified atom stereocenters. The number of aliphatic hydroxyl groups is 1. The van der Waals surface area contributed by atoms with Crippen LogP contribution in [0.2, 0.25) is 5.02 Å². The van der Waals surface area contributed by atoms with Crippen molar-refractivity contribution in [3.05, 3.63) is 28.8 Å². The molecule has 0 saturated carbocycles. The van der Waals surface area contributed by atoms with Gasteiger partial charge in [0.2, 0.25) is 0 Å². The van der Waals surface area contributed by atoms with Crippen LogP contribution in [0.1, 0.15) is 24.4 Å². The van der Waals surface area contributed by atoms with E-state index in [2.05, 4.69) is 0 Å². The summed E-state index contributed by atoms with van der Waals surface area (Å²) in [6.07, 6.45) is 1.45. The summed E-state index contributed by atoms with van der Waals surface area (Å²) in [6.45, 7) is 0.168. The van der Waals surface area contributed by atoms with E-state index in [1.165, 1.54) is 0 Å². The van der Waals surface area contributed by atoms with Crippen LogP contribution in [0.15, 0.2) is 18.2 Å². The third kappa shape index (κ3) is 4.72. The summed E-state index contributed by atoms with van der Waals surface area (Å²) < 4.78 is 0. The van der Waals surface area contributed by atoms with Gasteiger partial charge in [-0.25, -0.2) is 0 Å².